The second-order valence-corrected chi connectivity index (χ2v) is 14.9. The number of phosphoric ester groups is 1. The van der Waals surface area contributed by atoms with Crippen LogP contribution in [0.4, 0.5) is 0 Å². The Kier molecular flexibility index (Phi) is 29.0. The molecule has 0 rings (SSSR count). The lowest BCUT2D eigenvalue weighted by Gasteiger charge is -2.29. The van der Waals surface area contributed by atoms with Gasteiger partial charge in [0, 0.05) is 6.42 Å². The van der Waals surface area contributed by atoms with Crippen LogP contribution in [0.2, 0.25) is 0 Å². The smallest absolute Gasteiger partial charge is 0.268 e. The molecule has 3 atom stereocenters. The van der Waals surface area contributed by atoms with Crippen molar-refractivity contribution >= 4 is 13.7 Å². The Morgan fingerprint density at radius 3 is 1.74 bits per heavy atom. The van der Waals surface area contributed by atoms with Gasteiger partial charge in [0.05, 0.1) is 39.9 Å². The Morgan fingerprint density at radius 1 is 0.761 bits per heavy atom. The van der Waals surface area contributed by atoms with Gasteiger partial charge >= 0.3 is 0 Å². The molecule has 1 amide bonds. The van der Waals surface area contributed by atoms with Crippen LogP contribution in [0.25, 0.3) is 0 Å². The summed E-state index contributed by atoms with van der Waals surface area (Å²) in [5.41, 5.74) is 0. The van der Waals surface area contributed by atoms with Crippen molar-refractivity contribution in [2.75, 3.05) is 40.9 Å². The molecule has 0 spiro atoms. The first kappa shape index (κ1) is 44.7. The molecule has 0 radical (unpaired) electrons. The highest BCUT2D eigenvalue weighted by atomic mass is 31.2. The fourth-order valence-electron chi connectivity index (χ4n) is 4.89. The zero-order valence-electron chi connectivity index (χ0n) is 30.3. The summed E-state index contributed by atoms with van der Waals surface area (Å²) in [6, 6.07) is -0.902. The number of hydrogen-bond donors (Lipinski definition) is 2. The molecule has 0 aromatic carbocycles. The molecule has 46 heavy (non-hydrogen) atoms. The van der Waals surface area contributed by atoms with E-state index in [2.05, 4.69) is 43.5 Å². The summed E-state index contributed by atoms with van der Waals surface area (Å²) in [6.07, 6.45) is 33.4. The minimum atomic E-state index is -4.58. The standard InChI is InChI=1S/C37H71N2O6P/c1-6-8-10-12-14-16-18-19-20-21-23-25-27-29-31-37(41)38-35(34-45-46(42,43)44-33-32-39(3,4)5)36(40)30-28-26-24-22-17-15-13-11-9-7-2/h9,11,17,22,28,30,35-36,40H,6-8,10,12-16,18-21,23-27,29,31-34H2,1-5H3,(H-,38,41,42,43)/b11-9+,22-17+,30-28+. The number of carbonyl (C=O) groups is 1. The van der Waals surface area contributed by atoms with Crippen molar-refractivity contribution in [1.82, 2.24) is 5.32 Å². The van der Waals surface area contributed by atoms with Gasteiger partial charge in [-0.25, -0.2) is 0 Å². The van der Waals surface area contributed by atoms with Crippen LogP contribution in [-0.2, 0) is 18.4 Å². The number of carbonyl (C=O) groups excluding carboxylic acids is 1. The molecule has 3 unspecified atom stereocenters. The van der Waals surface area contributed by atoms with Crippen LogP contribution in [0.1, 0.15) is 142 Å². The van der Waals surface area contributed by atoms with E-state index in [0.717, 1.165) is 51.4 Å². The van der Waals surface area contributed by atoms with Gasteiger partial charge in [-0.05, 0) is 38.5 Å². The average Bonchev–Trinajstić information content (AvgIpc) is 2.99. The molecule has 0 aromatic rings. The van der Waals surface area contributed by atoms with E-state index < -0.39 is 26.6 Å². The Hall–Kier alpha value is -1.28. The molecule has 0 saturated heterocycles. The van der Waals surface area contributed by atoms with E-state index >= 15 is 0 Å². The fraction of sp³-hybridized carbons (Fsp3) is 0.811. The third-order valence-electron chi connectivity index (χ3n) is 7.84. The van der Waals surface area contributed by atoms with Crippen molar-refractivity contribution in [3.8, 4) is 0 Å². The highest BCUT2D eigenvalue weighted by Gasteiger charge is 2.23. The Bertz CT molecular complexity index is 855. The van der Waals surface area contributed by atoms with E-state index in [-0.39, 0.29) is 12.5 Å². The number of nitrogens with one attached hydrogen (secondary N) is 1. The first-order valence-corrected chi connectivity index (χ1v) is 19.8. The lowest BCUT2D eigenvalue weighted by molar-refractivity contribution is -0.870. The summed E-state index contributed by atoms with van der Waals surface area (Å²) in [4.78, 5) is 25.1. The number of aliphatic hydroxyl groups is 1. The topological polar surface area (TPSA) is 108 Å². The third-order valence-corrected chi connectivity index (χ3v) is 8.81. The molecular weight excluding hydrogens is 599 g/mol. The summed E-state index contributed by atoms with van der Waals surface area (Å²) in [7, 11) is 1.23. The first-order valence-electron chi connectivity index (χ1n) is 18.4. The molecule has 0 aliphatic rings. The molecular formula is C37H71N2O6P. The van der Waals surface area contributed by atoms with Crippen LogP contribution >= 0.6 is 7.82 Å². The number of phosphoric acid groups is 1. The van der Waals surface area contributed by atoms with Crippen molar-refractivity contribution in [2.45, 2.75) is 154 Å². The molecule has 0 heterocycles. The molecule has 8 nitrogen and oxygen atoms in total. The van der Waals surface area contributed by atoms with Gasteiger partial charge in [-0.2, -0.15) is 0 Å². The van der Waals surface area contributed by atoms with E-state index in [1.54, 1.807) is 6.08 Å². The van der Waals surface area contributed by atoms with Crippen LogP contribution < -0.4 is 10.2 Å². The number of rotatable bonds is 32. The molecule has 0 aromatic heterocycles. The van der Waals surface area contributed by atoms with Gasteiger partial charge < -0.3 is 28.8 Å². The van der Waals surface area contributed by atoms with Gasteiger partial charge in [-0.1, -0.05) is 134 Å². The van der Waals surface area contributed by atoms with Gasteiger partial charge in [0.25, 0.3) is 7.82 Å². The molecule has 0 saturated carbocycles. The van der Waals surface area contributed by atoms with Crippen LogP contribution in [0.5, 0.6) is 0 Å². The summed E-state index contributed by atoms with van der Waals surface area (Å²) < 4.78 is 23.0. The van der Waals surface area contributed by atoms with Gasteiger partial charge in [-0.15, -0.1) is 0 Å². The molecule has 0 aliphatic heterocycles. The predicted molar refractivity (Wildman–Crippen MR) is 191 cm³/mol. The molecule has 270 valence electrons. The van der Waals surface area contributed by atoms with Crippen LogP contribution in [0.3, 0.4) is 0 Å². The maximum atomic E-state index is 12.7. The Balaban J connectivity index is 4.56. The average molecular weight is 671 g/mol. The lowest BCUT2D eigenvalue weighted by Crippen LogP contribution is -2.45. The van der Waals surface area contributed by atoms with Crippen molar-refractivity contribution in [1.29, 1.82) is 0 Å². The zero-order chi connectivity index (χ0) is 34.4. The maximum Gasteiger partial charge on any atom is 0.268 e. The van der Waals surface area contributed by atoms with Crippen molar-refractivity contribution in [3.05, 3.63) is 36.5 Å². The number of amides is 1. The van der Waals surface area contributed by atoms with Gasteiger partial charge in [0.1, 0.15) is 13.2 Å². The van der Waals surface area contributed by atoms with E-state index in [0.29, 0.717) is 17.4 Å². The Morgan fingerprint density at radius 2 is 1.24 bits per heavy atom. The van der Waals surface area contributed by atoms with Gasteiger partial charge in [-0.3, -0.25) is 9.36 Å². The van der Waals surface area contributed by atoms with E-state index in [1.807, 2.05) is 27.2 Å². The van der Waals surface area contributed by atoms with Crippen molar-refractivity contribution in [2.24, 2.45) is 0 Å². The van der Waals surface area contributed by atoms with Crippen molar-refractivity contribution in [3.63, 3.8) is 0 Å². The molecule has 0 aliphatic carbocycles. The van der Waals surface area contributed by atoms with Crippen LogP contribution in [-0.4, -0.2) is 68.5 Å². The summed E-state index contributed by atoms with van der Waals surface area (Å²) in [5, 5.41) is 13.6. The monoisotopic (exact) mass is 671 g/mol. The summed E-state index contributed by atoms with van der Waals surface area (Å²) in [5.74, 6) is -0.216. The quantitative estimate of drug-likeness (QED) is 0.0321. The van der Waals surface area contributed by atoms with Crippen molar-refractivity contribution < 1.29 is 32.9 Å². The number of aliphatic hydroxyl groups excluding tert-OH is 1. The van der Waals surface area contributed by atoms with Crippen LogP contribution in [0.15, 0.2) is 36.5 Å². The van der Waals surface area contributed by atoms with E-state index in [9.17, 15) is 19.4 Å². The third kappa shape index (κ3) is 31.3. The first-order chi connectivity index (χ1) is 22.0. The highest BCUT2D eigenvalue weighted by Crippen LogP contribution is 2.38. The largest absolute Gasteiger partial charge is 0.756 e. The number of unbranched alkanes of at least 4 members (excludes halogenated alkanes) is 15. The molecule has 0 bridgehead atoms. The maximum absolute atomic E-state index is 12.7. The van der Waals surface area contributed by atoms with Gasteiger partial charge in [0.2, 0.25) is 5.91 Å². The Labute approximate surface area is 283 Å². The molecule has 9 heteroatoms. The zero-order valence-corrected chi connectivity index (χ0v) is 31.2. The minimum absolute atomic E-state index is 0.00864. The number of nitrogens with zero attached hydrogens (tertiary/aromatic N) is 1. The summed E-state index contributed by atoms with van der Waals surface area (Å²) in [6.45, 7) is 4.46. The molecule has 0 fully saturated rings. The highest BCUT2D eigenvalue weighted by molar-refractivity contribution is 7.45. The second kappa shape index (κ2) is 29.8. The van der Waals surface area contributed by atoms with E-state index in [4.69, 9.17) is 9.05 Å². The normalized spacial score (nSPS) is 15.2. The number of hydrogen-bond acceptors (Lipinski definition) is 6. The SMILES string of the molecule is CC/C=C/CC/C=C/CC/C=C/C(O)C(COP(=O)([O-])OCC[N+](C)(C)C)NC(=O)CCCCCCCCCCCCCCCC. The lowest BCUT2D eigenvalue weighted by atomic mass is 10.0. The number of allylic oxidation sites excluding steroid dienone is 5. The number of likely N-dealkylation sites (N-methyl/N-ethyl adjacent to an activating group) is 1. The van der Waals surface area contributed by atoms with Crippen LogP contribution in [0, 0.1) is 0 Å². The predicted octanol–water partition coefficient (Wildman–Crippen LogP) is 8.55. The molecule has 2 N–H and O–H groups in total. The minimum Gasteiger partial charge on any atom is -0.756 e. The van der Waals surface area contributed by atoms with E-state index in [1.165, 1.54) is 70.6 Å². The summed E-state index contributed by atoms with van der Waals surface area (Å²) >= 11 is 0. The second-order valence-electron chi connectivity index (χ2n) is 13.5. The van der Waals surface area contributed by atoms with Gasteiger partial charge in [0.15, 0.2) is 0 Å². The number of quaternary nitrogens is 1. The fourth-order valence-corrected chi connectivity index (χ4v) is 5.62.